The molecule has 0 aromatic heterocycles. The SMILES string of the molecule is O=C([O-])c1cc2c(C(=O)[O-])c(C(=O)[O-])c(C(=O)[O-])cc2c(C(=O)[O-])c1C(=O)[O-]. The lowest BCUT2D eigenvalue weighted by Crippen LogP contribution is -2.37. The molecule has 2 aromatic carbocycles. The number of carboxylic acid groups (broad SMARTS) is 6. The largest absolute Gasteiger partial charge is 0.545 e. The topological polar surface area (TPSA) is 241 Å². The number of hydrogen-bond donors (Lipinski definition) is 0. The molecule has 0 amide bonds. The van der Waals surface area contributed by atoms with Crippen LogP contribution in [0.25, 0.3) is 10.8 Å². The van der Waals surface area contributed by atoms with Gasteiger partial charge < -0.3 is 59.4 Å². The van der Waals surface area contributed by atoms with Crippen molar-refractivity contribution in [1.29, 1.82) is 0 Å². The first kappa shape index (κ1) is 19.8. The van der Waals surface area contributed by atoms with Gasteiger partial charge in [0.1, 0.15) is 0 Å². The fourth-order valence-corrected chi connectivity index (χ4v) is 2.71. The highest BCUT2D eigenvalue weighted by Crippen LogP contribution is 2.32. The lowest BCUT2D eigenvalue weighted by atomic mass is 9.87. The Balaban J connectivity index is 3.38. The fourth-order valence-electron chi connectivity index (χ4n) is 2.71. The summed E-state index contributed by atoms with van der Waals surface area (Å²) in [7, 11) is 0. The van der Waals surface area contributed by atoms with Gasteiger partial charge in [-0.25, -0.2) is 0 Å². The standard InChI is InChI=1S/C16H8O12/c17-11(18)5-1-3-4(8(14(23)24)9(5)15(25)26)2-6(12(19)20)10(16(27)28)7(3)13(21)22/h1-2H,(H,17,18)(H,19,20)(H,21,22)(H,23,24)(H,25,26)(H,27,28)/p-6. The number of carbonyl (C=O) groups excluding carboxylic acids is 6. The van der Waals surface area contributed by atoms with Crippen LogP contribution in [0.4, 0.5) is 0 Å². The smallest absolute Gasteiger partial charge is 0.0728 e. The van der Waals surface area contributed by atoms with Crippen molar-refractivity contribution < 1.29 is 59.4 Å². The average Bonchev–Trinajstić information content (AvgIpc) is 2.56. The van der Waals surface area contributed by atoms with Crippen molar-refractivity contribution in [1.82, 2.24) is 0 Å². The molecule has 2 rings (SSSR count). The van der Waals surface area contributed by atoms with Crippen LogP contribution in [0.15, 0.2) is 12.1 Å². The average molecular weight is 386 g/mol. The van der Waals surface area contributed by atoms with E-state index < -0.39 is 80.0 Å². The molecule has 0 radical (unpaired) electrons. The number of aromatic carboxylic acids is 6. The van der Waals surface area contributed by atoms with Gasteiger partial charge in [0.25, 0.3) is 0 Å². The molecule has 28 heavy (non-hydrogen) atoms. The Morgan fingerprint density at radius 1 is 0.429 bits per heavy atom. The van der Waals surface area contributed by atoms with E-state index in [4.69, 9.17) is 0 Å². The highest BCUT2D eigenvalue weighted by molar-refractivity contribution is 6.22. The number of carboxylic acids is 6. The van der Waals surface area contributed by atoms with E-state index >= 15 is 0 Å². The molecule has 0 fully saturated rings. The maximum atomic E-state index is 11.4. The van der Waals surface area contributed by atoms with Gasteiger partial charge in [-0.15, -0.1) is 0 Å². The van der Waals surface area contributed by atoms with Gasteiger partial charge in [-0.05, 0) is 22.9 Å². The van der Waals surface area contributed by atoms with Gasteiger partial charge in [0.2, 0.25) is 0 Å². The fraction of sp³-hybridized carbons (Fsp3) is 0. The lowest BCUT2D eigenvalue weighted by molar-refractivity contribution is -0.261. The van der Waals surface area contributed by atoms with Gasteiger partial charge >= 0.3 is 0 Å². The van der Waals surface area contributed by atoms with Gasteiger partial charge in [-0.3, -0.25) is 0 Å². The minimum Gasteiger partial charge on any atom is -0.545 e. The van der Waals surface area contributed by atoms with Crippen molar-refractivity contribution in [3.63, 3.8) is 0 Å². The van der Waals surface area contributed by atoms with E-state index in [0.29, 0.717) is 0 Å². The van der Waals surface area contributed by atoms with E-state index in [1.807, 2.05) is 0 Å². The minimum absolute atomic E-state index is 0.263. The van der Waals surface area contributed by atoms with Crippen molar-refractivity contribution in [2.75, 3.05) is 0 Å². The van der Waals surface area contributed by atoms with Gasteiger partial charge in [-0.2, -0.15) is 0 Å². The summed E-state index contributed by atoms with van der Waals surface area (Å²) in [4.78, 5) is 67.8. The Hall–Kier alpha value is -4.48. The summed E-state index contributed by atoms with van der Waals surface area (Å²) in [5.74, 6) is -14.0. The molecular formula is C16H2O12-6. The molecule has 12 heteroatoms. The van der Waals surface area contributed by atoms with Crippen LogP contribution in [0, 0.1) is 0 Å². The maximum absolute atomic E-state index is 11.4. The van der Waals surface area contributed by atoms with Gasteiger partial charge in [0.15, 0.2) is 0 Å². The first-order valence-electron chi connectivity index (χ1n) is 6.85. The van der Waals surface area contributed by atoms with Crippen LogP contribution in [-0.4, -0.2) is 35.8 Å². The molecule has 0 aliphatic rings. The summed E-state index contributed by atoms with van der Waals surface area (Å²) >= 11 is 0. The molecule has 0 heterocycles. The number of carbonyl (C=O) groups is 6. The summed E-state index contributed by atoms with van der Waals surface area (Å²) in [5.41, 5.74) is -8.76. The molecule has 0 aliphatic carbocycles. The van der Waals surface area contributed by atoms with Crippen LogP contribution < -0.4 is 30.6 Å². The molecule has 0 bridgehead atoms. The van der Waals surface area contributed by atoms with Crippen LogP contribution >= 0.6 is 0 Å². The Morgan fingerprint density at radius 3 is 0.857 bits per heavy atom. The Bertz CT molecular complexity index is 1040. The number of benzene rings is 2. The van der Waals surface area contributed by atoms with Gasteiger partial charge in [-0.1, -0.05) is 0 Å². The van der Waals surface area contributed by atoms with Crippen LogP contribution in [0.1, 0.15) is 62.1 Å². The third-order valence-corrected chi connectivity index (χ3v) is 3.70. The Morgan fingerprint density at radius 2 is 0.679 bits per heavy atom. The lowest BCUT2D eigenvalue weighted by Gasteiger charge is -2.25. The number of hydrogen-bond acceptors (Lipinski definition) is 12. The van der Waals surface area contributed by atoms with Gasteiger partial charge in [0, 0.05) is 33.4 Å². The zero-order chi connectivity index (χ0) is 21.5. The quantitative estimate of drug-likeness (QED) is 0.449. The maximum Gasteiger partial charge on any atom is 0.0728 e. The highest BCUT2D eigenvalue weighted by Gasteiger charge is 2.23. The summed E-state index contributed by atoms with van der Waals surface area (Å²) in [6.07, 6.45) is 0. The van der Waals surface area contributed by atoms with E-state index in [0.717, 1.165) is 0 Å². The van der Waals surface area contributed by atoms with Crippen molar-refractivity contribution in [3.05, 3.63) is 45.5 Å². The normalized spacial score (nSPS) is 10.4. The zero-order valence-electron chi connectivity index (χ0n) is 13.1. The van der Waals surface area contributed by atoms with E-state index in [-0.39, 0.29) is 12.1 Å². The predicted octanol–water partition coefficient (Wildman–Crippen LogP) is -6.98. The van der Waals surface area contributed by atoms with Crippen molar-refractivity contribution in [3.8, 4) is 0 Å². The van der Waals surface area contributed by atoms with Crippen molar-refractivity contribution >= 4 is 46.6 Å². The summed E-state index contributed by atoms with van der Waals surface area (Å²) in [6, 6.07) is 0.526. The number of rotatable bonds is 6. The molecule has 0 N–H and O–H groups in total. The molecule has 2 aromatic rings. The minimum atomic E-state index is -2.36. The number of fused-ring (bicyclic) bond motifs is 1. The molecule has 0 spiro atoms. The Labute approximate surface area is 152 Å². The van der Waals surface area contributed by atoms with Crippen LogP contribution in [0.5, 0.6) is 0 Å². The van der Waals surface area contributed by atoms with Crippen molar-refractivity contribution in [2.45, 2.75) is 0 Å². The Kier molecular flexibility index (Phi) is 4.73. The van der Waals surface area contributed by atoms with E-state index in [9.17, 15) is 59.4 Å². The molecule has 0 saturated carbocycles. The molecule has 12 nitrogen and oxygen atoms in total. The summed E-state index contributed by atoms with van der Waals surface area (Å²) in [5, 5.41) is 65.8. The van der Waals surface area contributed by atoms with E-state index in [1.54, 1.807) is 0 Å². The van der Waals surface area contributed by atoms with Gasteiger partial charge in [0.05, 0.1) is 35.8 Å². The van der Waals surface area contributed by atoms with Crippen LogP contribution in [0.2, 0.25) is 0 Å². The third kappa shape index (κ3) is 2.94. The second kappa shape index (κ2) is 6.68. The van der Waals surface area contributed by atoms with Crippen molar-refractivity contribution in [2.24, 2.45) is 0 Å². The summed E-state index contributed by atoms with van der Waals surface area (Å²) in [6.45, 7) is 0. The van der Waals surface area contributed by atoms with E-state index in [2.05, 4.69) is 0 Å². The zero-order valence-corrected chi connectivity index (χ0v) is 13.1. The first-order valence-corrected chi connectivity index (χ1v) is 6.85. The molecule has 144 valence electrons. The molecular weight excluding hydrogens is 384 g/mol. The second-order valence-corrected chi connectivity index (χ2v) is 5.17. The summed E-state index contributed by atoms with van der Waals surface area (Å²) < 4.78 is 0. The first-order chi connectivity index (χ1) is 12.9. The molecule has 0 saturated heterocycles. The molecule has 0 atom stereocenters. The predicted molar refractivity (Wildman–Crippen MR) is 69.9 cm³/mol. The monoisotopic (exact) mass is 386 g/mol. The second-order valence-electron chi connectivity index (χ2n) is 5.17. The third-order valence-electron chi connectivity index (χ3n) is 3.70. The van der Waals surface area contributed by atoms with Crippen LogP contribution in [-0.2, 0) is 0 Å². The molecule has 0 unspecified atom stereocenters. The molecule has 0 aliphatic heterocycles. The van der Waals surface area contributed by atoms with E-state index in [1.165, 1.54) is 0 Å². The van der Waals surface area contributed by atoms with Crippen LogP contribution in [0.3, 0.4) is 0 Å². The highest BCUT2D eigenvalue weighted by atomic mass is 16.4.